The van der Waals surface area contributed by atoms with Crippen molar-refractivity contribution in [3.63, 3.8) is 0 Å². The van der Waals surface area contributed by atoms with E-state index < -0.39 is 12.1 Å². The highest BCUT2D eigenvalue weighted by molar-refractivity contribution is 5.89. The zero-order chi connectivity index (χ0) is 15.1. The maximum Gasteiger partial charge on any atom is 0.336 e. The van der Waals surface area contributed by atoms with Crippen molar-refractivity contribution >= 4 is 11.9 Å². The van der Waals surface area contributed by atoms with Gasteiger partial charge in [-0.15, -0.1) is 0 Å². The summed E-state index contributed by atoms with van der Waals surface area (Å²) in [6, 6.07) is 6.70. The van der Waals surface area contributed by atoms with Crippen molar-refractivity contribution in [2.24, 2.45) is 5.92 Å². The number of hydrogen-bond acceptors (Lipinski definition) is 3. The summed E-state index contributed by atoms with van der Waals surface area (Å²) in [5, 5.41) is 9.24. The Bertz CT molecular complexity index is 465. The molecular formula is C16H22O4. The van der Waals surface area contributed by atoms with Crippen LogP contribution in [0.3, 0.4) is 0 Å². The summed E-state index contributed by atoms with van der Waals surface area (Å²) >= 11 is 0. The van der Waals surface area contributed by atoms with Gasteiger partial charge in [0.1, 0.15) is 6.10 Å². The number of rotatable bonds is 7. The molecule has 0 radical (unpaired) electrons. The average Bonchev–Trinajstić information content (AvgIpc) is 2.42. The van der Waals surface area contributed by atoms with Crippen LogP contribution >= 0.6 is 0 Å². The van der Waals surface area contributed by atoms with Crippen LogP contribution in [0.2, 0.25) is 0 Å². The van der Waals surface area contributed by atoms with Crippen LogP contribution in [0.1, 0.15) is 62.1 Å². The molecule has 0 aliphatic heterocycles. The van der Waals surface area contributed by atoms with E-state index in [4.69, 9.17) is 4.74 Å². The molecule has 0 aliphatic rings. The molecule has 4 heteroatoms. The third-order valence-electron chi connectivity index (χ3n) is 3.09. The van der Waals surface area contributed by atoms with Gasteiger partial charge in [0.15, 0.2) is 0 Å². The second-order valence-corrected chi connectivity index (χ2v) is 5.11. The molecule has 0 saturated carbocycles. The first-order chi connectivity index (χ1) is 9.47. The third kappa shape index (κ3) is 4.37. The molecule has 0 aliphatic carbocycles. The molecule has 4 nitrogen and oxygen atoms in total. The largest absolute Gasteiger partial charge is 0.478 e. The zero-order valence-corrected chi connectivity index (χ0v) is 12.3. The number of ether oxygens (including phenoxy) is 1. The zero-order valence-electron chi connectivity index (χ0n) is 12.3. The first kappa shape index (κ1) is 16.2. The summed E-state index contributed by atoms with van der Waals surface area (Å²) in [7, 11) is 0. The van der Waals surface area contributed by atoms with E-state index in [1.54, 1.807) is 38.1 Å². The lowest BCUT2D eigenvalue weighted by atomic mass is 9.98. The van der Waals surface area contributed by atoms with Gasteiger partial charge in [-0.3, -0.25) is 4.79 Å². The smallest absolute Gasteiger partial charge is 0.336 e. The number of esters is 1. The molecule has 0 saturated heterocycles. The number of benzene rings is 1. The molecule has 20 heavy (non-hydrogen) atoms. The fourth-order valence-electron chi connectivity index (χ4n) is 1.92. The molecule has 0 aromatic heterocycles. The maximum atomic E-state index is 11.8. The van der Waals surface area contributed by atoms with Crippen LogP contribution in [-0.4, -0.2) is 17.0 Å². The Morgan fingerprint density at radius 2 is 1.90 bits per heavy atom. The minimum Gasteiger partial charge on any atom is -0.478 e. The SMILES string of the molecule is CCCCC(OC(=O)C(C)C)c1ccccc1C(=O)O. The summed E-state index contributed by atoms with van der Waals surface area (Å²) in [5.74, 6) is -1.52. The monoisotopic (exact) mass is 278 g/mol. The normalized spacial score (nSPS) is 12.2. The highest BCUT2D eigenvalue weighted by Crippen LogP contribution is 2.27. The second kappa shape index (κ2) is 7.68. The van der Waals surface area contributed by atoms with Gasteiger partial charge in [-0.25, -0.2) is 4.79 Å². The van der Waals surface area contributed by atoms with Gasteiger partial charge < -0.3 is 9.84 Å². The van der Waals surface area contributed by atoms with E-state index in [2.05, 4.69) is 0 Å². The fourth-order valence-corrected chi connectivity index (χ4v) is 1.92. The lowest BCUT2D eigenvalue weighted by Crippen LogP contribution is -2.18. The first-order valence-corrected chi connectivity index (χ1v) is 7.00. The minimum absolute atomic E-state index is 0.199. The summed E-state index contributed by atoms with van der Waals surface area (Å²) in [5.41, 5.74) is 0.771. The number of carboxylic acids is 1. The molecule has 0 heterocycles. The lowest BCUT2D eigenvalue weighted by Gasteiger charge is -2.21. The van der Waals surface area contributed by atoms with Gasteiger partial charge in [-0.05, 0) is 18.9 Å². The predicted molar refractivity (Wildman–Crippen MR) is 76.6 cm³/mol. The van der Waals surface area contributed by atoms with Crippen LogP contribution in [-0.2, 0) is 9.53 Å². The molecule has 1 atom stereocenters. The molecule has 1 N–H and O–H groups in total. The van der Waals surface area contributed by atoms with Gasteiger partial charge >= 0.3 is 11.9 Å². The molecule has 0 bridgehead atoms. The van der Waals surface area contributed by atoms with Gasteiger partial charge in [-0.1, -0.05) is 45.4 Å². The highest BCUT2D eigenvalue weighted by Gasteiger charge is 2.23. The van der Waals surface area contributed by atoms with Gasteiger partial charge in [0, 0.05) is 5.56 Å². The van der Waals surface area contributed by atoms with Gasteiger partial charge in [0.25, 0.3) is 0 Å². The van der Waals surface area contributed by atoms with Gasteiger partial charge in [0.2, 0.25) is 0 Å². The number of carbonyl (C=O) groups excluding carboxylic acids is 1. The van der Waals surface area contributed by atoms with Crippen LogP contribution in [0, 0.1) is 5.92 Å². The van der Waals surface area contributed by atoms with Crippen LogP contribution < -0.4 is 0 Å². The highest BCUT2D eigenvalue weighted by atomic mass is 16.5. The number of aromatic carboxylic acids is 1. The topological polar surface area (TPSA) is 63.6 Å². The van der Waals surface area contributed by atoms with Gasteiger partial charge in [0.05, 0.1) is 11.5 Å². The van der Waals surface area contributed by atoms with Crippen molar-refractivity contribution in [3.8, 4) is 0 Å². The molecule has 0 amide bonds. The van der Waals surface area contributed by atoms with E-state index in [1.807, 2.05) is 6.92 Å². The third-order valence-corrected chi connectivity index (χ3v) is 3.09. The van der Waals surface area contributed by atoms with Crippen molar-refractivity contribution in [1.82, 2.24) is 0 Å². The first-order valence-electron chi connectivity index (χ1n) is 7.00. The van der Waals surface area contributed by atoms with E-state index in [-0.39, 0.29) is 17.5 Å². The summed E-state index contributed by atoms with van der Waals surface area (Å²) in [4.78, 5) is 23.1. The van der Waals surface area contributed by atoms with Crippen molar-refractivity contribution in [2.75, 3.05) is 0 Å². The minimum atomic E-state index is -0.998. The summed E-state index contributed by atoms with van der Waals surface area (Å²) < 4.78 is 5.49. The molecule has 1 aromatic rings. The number of carbonyl (C=O) groups is 2. The Labute approximate surface area is 119 Å². The summed E-state index contributed by atoms with van der Waals surface area (Å²) in [6.07, 6.45) is 1.99. The van der Waals surface area contributed by atoms with Crippen LogP contribution in [0.4, 0.5) is 0 Å². The maximum absolute atomic E-state index is 11.8. The number of carboxylic acid groups (broad SMARTS) is 1. The Kier molecular flexibility index (Phi) is 6.22. The van der Waals surface area contributed by atoms with Gasteiger partial charge in [-0.2, -0.15) is 0 Å². The van der Waals surface area contributed by atoms with E-state index in [0.29, 0.717) is 12.0 Å². The number of unbranched alkanes of at least 4 members (excludes halogenated alkanes) is 1. The Balaban J connectivity index is 3.04. The number of hydrogen-bond donors (Lipinski definition) is 1. The molecule has 110 valence electrons. The fraction of sp³-hybridized carbons (Fsp3) is 0.500. The molecule has 1 aromatic carbocycles. The quantitative estimate of drug-likeness (QED) is 0.770. The van der Waals surface area contributed by atoms with Crippen LogP contribution in [0.25, 0.3) is 0 Å². The van der Waals surface area contributed by atoms with E-state index in [1.165, 1.54) is 0 Å². The van der Waals surface area contributed by atoms with E-state index >= 15 is 0 Å². The lowest BCUT2D eigenvalue weighted by molar-refractivity contribution is -0.153. The molecule has 0 spiro atoms. The Morgan fingerprint density at radius 3 is 2.45 bits per heavy atom. The van der Waals surface area contributed by atoms with Crippen LogP contribution in [0.5, 0.6) is 0 Å². The van der Waals surface area contributed by atoms with Crippen molar-refractivity contribution in [1.29, 1.82) is 0 Å². The van der Waals surface area contributed by atoms with E-state index in [9.17, 15) is 14.7 Å². The van der Waals surface area contributed by atoms with Crippen LogP contribution in [0.15, 0.2) is 24.3 Å². The average molecular weight is 278 g/mol. The predicted octanol–water partition coefficient (Wildman–Crippen LogP) is 3.82. The van der Waals surface area contributed by atoms with E-state index in [0.717, 1.165) is 12.8 Å². The molecule has 1 unspecified atom stereocenters. The second-order valence-electron chi connectivity index (χ2n) is 5.11. The molecular weight excluding hydrogens is 256 g/mol. The standard InChI is InChI=1S/C16H22O4/c1-4-5-10-14(20-16(19)11(2)3)12-8-6-7-9-13(12)15(17)18/h6-9,11,14H,4-5,10H2,1-3H3,(H,17,18). The Hall–Kier alpha value is -1.84. The molecule has 1 rings (SSSR count). The summed E-state index contributed by atoms with van der Waals surface area (Å²) in [6.45, 7) is 5.58. The Morgan fingerprint density at radius 1 is 1.25 bits per heavy atom. The van der Waals surface area contributed by atoms with Crippen molar-refractivity contribution < 1.29 is 19.4 Å². The van der Waals surface area contributed by atoms with Crippen molar-refractivity contribution in [2.45, 2.75) is 46.1 Å². The van der Waals surface area contributed by atoms with Crippen molar-refractivity contribution in [3.05, 3.63) is 35.4 Å². The molecule has 0 fully saturated rings.